The Morgan fingerprint density at radius 3 is 0.800 bits per heavy atom. The van der Waals surface area contributed by atoms with Crippen molar-refractivity contribution in [2.75, 3.05) is 11.5 Å². The van der Waals surface area contributed by atoms with Crippen LogP contribution in [0.3, 0.4) is 0 Å². The number of hydrogen-bond acceptors (Lipinski definition) is 2. The van der Waals surface area contributed by atoms with Gasteiger partial charge in [-0.2, -0.15) is 0 Å². The Hall–Kier alpha value is 5.44. The third-order valence-corrected chi connectivity index (χ3v) is 0.936. The number of rotatable bonds is 0. The molecule has 0 aliphatic rings. The van der Waals surface area contributed by atoms with Crippen LogP contribution in [0.5, 0.6) is 0 Å². The molecule has 0 fully saturated rings. The second kappa shape index (κ2) is 27.7. The molecule has 0 spiro atoms. The number of anilines is 2. The molecule has 1 aromatic carbocycles. The van der Waals surface area contributed by atoms with E-state index in [1.54, 1.807) is 24.3 Å². The van der Waals surface area contributed by atoms with Crippen LogP contribution < -0.4 is 11.5 Å². The zero-order chi connectivity index (χ0) is 5.98. The van der Waals surface area contributed by atoms with Crippen molar-refractivity contribution < 1.29 is 196 Å². The summed E-state index contributed by atoms with van der Waals surface area (Å²) in [7, 11) is 0. The third-order valence-electron chi connectivity index (χ3n) is 0.936. The molecule has 8 heteroatoms. The van der Waals surface area contributed by atoms with Gasteiger partial charge in [-0.25, -0.2) is 0 Å². The van der Waals surface area contributed by atoms with Crippen LogP contribution in [0.25, 0.3) is 0 Å². The summed E-state index contributed by atoms with van der Waals surface area (Å²) in [5.41, 5.74) is 12.2. The molecule has 6 radical (unpaired) electrons. The van der Waals surface area contributed by atoms with Gasteiger partial charge in [0.05, 0.1) is 0 Å². The summed E-state index contributed by atoms with van der Waals surface area (Å²) < 4.78 is 0. The molecule has 0 unspecified atom stereocenters. The Labute approximate surface area is 244 Å². The van der Waals surface area contributed by atoms with Gasteiger partial charge < -0.3 is 18.9 Å². The van der Waals surface area contributed by atoms with Crippen molar-refractivity contribution in [1.29, 1.82) is 0 Å². The summed E-state index contributed by atoms with van der Waals surface area (Å²) in [5, 5.41) is 0. The molecular weight excluding hydrogens is 646 g/mol. The fourth-order valence-corrected chi connectivity index (χ4v) is 0.496. The monoisotopic (exact) mass is 657 g/mol. The molecule has 0 saturated carbocycles. The maximum Gasteiger partial charge on any atom is 0.0315 e. The minimum atomic E-state index is 0. The summed E-state index contributed by atoms with van der Waals surface area (Å²) in [5.74, 6) is 0. The van der Waals surface area contributed by atoms with Crippen molar-refractivity contribution in [3.63, 3.8) is 0 Å². The van der Waals surface area contributed by atoms with Gasteiger partial charge in [-0.1, -0.05) is 0 Å². The normalized spacial score (nSPS) is 4.80. The molecule has 0 aromatic heterocycles. The molecule has 68 valence electrons. The largest absolute Gasteiger partial charge is 0.399 e. The molecule has 15 heavy (non-hydrogen) atoms. The molecule has 0 heterocycles. The summed E-state index contributed by atoms with van der Waals surface area (Å²) in [6.07, 6.45) is 0. The molecular formula is C7H11N2Y6-. The van der Waals surface area contributed by atoms with Crippen molar-refractivity contribution in [1.82, 2.24) is 0 Å². The van der Waals surface area contributed by atoms with Crippen LogP contribution in [-0.2, 0) is 196 Å². The first-order valence-electron chi connectivity index (χ1n) is 2.40. The quantitative estimate of drug-likeness (QED) is 0.327. The molecule has 2 nitrogen and oxygen atoms in total. The van der Waals surface area contributed by atoms with E-state index in [9.17, 15) is 0 Å². The first-order valence-corrected chi connectivity index (χ1v) is 2.40. The summed E-state index contributed by atoms with van der Waals surface area (Å²) in [4.78, 5) is 0. The minimum Gasteiger partial charge on any atom is -0.399 e. The minimum absolute atomic E-state index is 0. The molecule has 0 atom stereocenters. The van der Waals surface area contributed by atoms with Crippen molar-refractivity contribution >= 4 is 11.4 Å². The summed E-state index contributed by atoms with van der Waals surface area (Å²) in [6.45, 7) is 0. The molecule has 0 amide bonds. The van der Waals surface area contributed by atoms with Crippen LogP contribution in [-0.4, -0.2) is 0 Å². The topological polar surface area (TPSA) is 52.0 Å². The Kier molecular flexibility index (Phi) is 79.1. The summed E-state index contributed by atoms with van der Waals surface area (Å²) >= 11 is 0. The van der Waals surface area contributed by atoms with Gasteiger partial charge in [0.15, 0.2) is 0 Å². The van der Waals surface area contributed by atoms with Crippen LogP contribution in [0.1, 0.15) is 0 Å². The van der Waals surface area contributed by atoms with Gasteiger partial charge in [0.2, 0.25) is 0 Å². The van der Waals surface area contributed by atoms with Gasteiger partial charge in [0, 0.05) is 208 Å². The van der Waals surface area contributed by atoms with Crippen molar-refractivity contribution in [2.24, 2.45) is 0 Å². The molecule has 1 rings (SSSR count). The third kappa shape index (κ3) is 24.8. The van der Waals surface area contributed by atoms with Crippen LogP contribution in [0.4, 0.5) is 11.4 Å². The van der Waals surface area contributed by atoms with E-state index in [2.05, 4.69) is 0 Å². The van der Waals surface area contributed by atoms with E-state index in [1.165, 1.54) is 0 Å². The van der Waals surface area contributed by atoms with E-state index in [0.29, 0.717) is 0 Å². The molecule has 0 aliphatic heterocycles. The molecule has 0 bridgehead atoms. The van der Waals surface area contributed by atoms with Crippen molar-refractivity contribution in [2.45, 2.75) is 0 Å². The first kappa shape index (κ1) is 42.8. The zero-order valence-corrected chi connectivity index (χ0v) is 26.0. The van der Waals surface area contributed by atoms with E-state index in [0.717, 1.165) is 11.4 Å². The Bertz CT molecular complexity index is 160. The standard InChI is InChI=1S/C6H8N2.CH3.6Y/c7-5-1-2-6(8)4-3-5;;;;;;;/h1-4H,7-8H2;1H3;;;;;;/q;-1;;;;;;. The smallest absolute Gasteiger partial charge is 0.0315 e. The van der Waals surface area contributed by atoms with Crippen molar-refractivity contribution in [3.05, 3.63) is 31.7 Å². The van der Waals surface area contributed by atoms with Gasteiger partial charge in [-0.3, -0.25) is 0 Å². The average Bonchev–Trinajstić information content (AvgIpc) is 1.77. The van der Waals surface area contributed by atoms with Crippen LogP contribution >= 0.6 is 0 Å². The maximum absolute atomic E-state index is 5.37. The van der Waals surface area contributed by atoms with Gasteiger partial charge in [-0.15, -0.1) is 0 Å². The summed E-state index contributed by atoms with van der Waals surface area (Å²) in [6, 6.07) is 7.09. The van der Waals surface area contributed by atoms with Crippen LogP contribution in [0.2, 0.25) is 0 Å². The fourth-order valence-electron chi connectivity index (χ4n) is 0.496. The maximum atomic E-state index is 5.37. The number of nitrogens with two attached hydrogens (primary N) is 2. The predicted octanol–water partition coefficient (Wildman–Crippen LogP) is 1.29. The second-order valence-corrected chi connectivity index (χ2v) is 1.67. The number of benzene rings is 1. The second-order valence-electron chi connectivity index (χ2n) is 1.67. The van der Waals surface area contributed by atoms with E-state index in [1.807, 2.05) is 0 Å². The first-order chi connectivity index (χ1) is 3.79. The molecule has 1 aromatic rings. The van der Waals surface area contributed by atoms with Crippen molar-refractivity contribution in [3.8, 4) is 0 Å². The fraction of sp³-hybridized carbons (Fsp3) is 0. The number of nitrogen functional groups attached to an aromatic ring is 2. The molecule has 0 saturated heterocycles. The van der Waals surface area contributed by atoms with Gasteiger partial charge in [-0.05, 0) is 24.3 Å². The van der Waals surface area contributed by atoms with Gasteiger partial charge in [0.25, 0.3) is 0 Å². The molecule has 0 aliphatic carbocycles. The van der Waals surface area contributed by atoms with Crippen LogP contribution in [0.15, 0.2) is 24.3 Å². The van der Waals surface area contributed by atoms with Crippen LogP contribution in [0, 0.1) is 7.43 Å². The predicted molar refractivity (Wildman–Crippen MR) is 41.7 cm³/mol. The van der Waals surface area contributed by atoms with E-state index in [-0.39, 0.29) is 204 Å². The van der Waals surface area contributed by atoms with Gasteiger partial charge in [0.1, 0.15) is 0 Å². The van der Waals surface area contributed by atoms with E-state index < -0.39 is 0 Å². The van der Waals surface area contributed by atoms with E-state index in [4.69, 9.17) is 11.5 Å². The van der Waals surface area contributed by atoms with E-state index >= 15 is 0 Å². The Morgan fingerprint density at radius 2 is 0.667 bits per heavy atom. The molecule has 4 N–H and O–H groups in total. The Balaban J connectivity index is -0.0000000183. The van der Waals surface area contributed by atoms with Gasteiger partial charge >= 0.3 is 0 Å². The Morgan fingerprint density at radius 1 is 0.533 bits per heavy atom. The number of hydrogen-bond donors (Lipinski definition) is 2. The zero-order valence-electron chi connectivity index (χ0n) is 8.93. The average molecular weight is 657 g/mol. The SMILES string of the molecule is Nc1ccc(N)cc1.[CH3-].[Y].[Y].[Y].[Y].[Y].[Y].